The lowest BCUT2D eigenvalue weighted by Crippen LogP contribution is -2.39. The first kappa shape index (κ1) is 19.3. The molecule has 29 heavy (non-hydrogen) atoms. The summed E-state index contributed by atoms with van der Waals surface area (Å²) in [5.74, 6) is 1.56. The van der Waals surface area contributed by atoms with Crippen LogP contribution in [0.4, 0.5) is 5.69 Å². The molecule has 0 amide bonds. The molecule has 2 aromatic carbocycles. The number of hydrogen-bond acceptors (Lipinski definition) is 6. The van der Waals surface area contributed by atoms with E-state index in [4.69, 9.17) is 9.47 Å². The molecule has 1 aromatic heterocycles. The Kier molecular flexibility index (Phi) is 5.42. The SMILES string of the molecule is COc1cccc([C@@H](C)N2CCN(c3ccc(-c4cn[nH]c4)c(OC)c3)C2O)c1. The van der Waals surface area contributed by atoms with Crippen LogP contribution in [-0.4, -0.2) is 53.9 Å². The van der Waals surface area contributed by atoms with Crippen molar-refractivity contribution in [3.63, 3.8) is 0 Å². The van der Waals surface area contributed by atoms with Crippen molar-refractivity contribution in [3.05, 3.63) is 60.4 Å². The van der Waals surface area contributed by atoms with E-state index in [1.54, 1.807) is 20.4 Å². The fraction of sp³-hybridized carbons (Fsp3) is 0.318. The third kappa shape index (κ3) is 3.66. The maximum atomic E-state index is 11.0. The molecule has 1 aliphatic heterocycles. The fourth-order valence-electron chi connectivity index (χ4n) is 3.88. The molecule has 0 radical (unpaired) electrons. The molecule has 2 N–H and O–H groups in total. The number of H-pyrrole nitrogens is 1. The van der Waals surface area contributed by atoms with Crippen LogP contribution < -0.4 is 14.4 Å². The van der Waals surface area contributed by atoms with Crippen molar-refractivity contribution in [1.82, 2.24) is 15.1 Å². The highest BCUT2D eigenvalue weighted by Crippen LogP contribution is 2.36. The number of benzene rings is 2. The number of anilines is 1. The van der Waals surface area contributed by atoms with Crippen molar-refractivity contribution in [2.24, 2.45) is 0 Å². The summed E-state index contributed by atoms with van der Waals surface area (Å²) in [4.78, 5) is 4.06. The van der Waals surface area contributed by atoms with E-state index in [9.17, 15) is 5.11 Å². The third-order valence-electron chi connectivity index (χ3n) is 5.57. The Labute approximate surface area is 170 Å². The van der Waals surface area contributed by atoms with E-state index in [2.05, 4.69) is 28.1 Å². The normalized spacial score (nSPS) is 18.1. The summed E-state index contributed by atoms with van der Waals surface area (Å²) < 4.78 is 10.9. The highest BCUT2D eigenvalue weighted by atomic mass is 16.5. The molecule has 1 saturated heterocycles. The molecule has 1 aliphatic rings. The van der Waals surface area contributed by atoms with Crippen molar-refractivity contribution in [1.29, 1.82) is 0 Å². The highest BCUT2D eigenvalue weighted by molar-refractivity contribution is 5.73. The van der Waals surface area contributed by atoms with Gasteiger partial charge in [0.25, 0.3) is 0 Å². The van der Waals surface area contributed by atoms with Gasteiger partial charge in [0.05, 0.1) is 20.4 Å². The van der Waals surface area contributed by atoms with Crippen molar-refractivity contribution >= 4 is 5.69 Å². The summed E-state index contributed by atoms with van der Waals surface area (Å²) in [5.41, 5.74) is 3.95. The fourth-order valence-corrected chi connectivity index (χ4v) is 3.88. The van der Waals surface area contributed by atoms with Crippen LogP contribution in [0.15, 0.2) is 54.9 Å². The maximum Gasteiger partial charge on any atom is 0.187 e. The van der Waals surface area contributed by atoms with Crippen LogP contribution in [0, 0.1) is 0 Å². The zero-order valence-electron chi connectivity index (χ0n) is 16.9. The Bertz CT molecular complexity index is 960. The van der Waals surface area contributed by atoms with Crippen LogP contribution >= 0.6 is 0 Å². The van der Waals surface area contributed by atoms with E-state index in [1.807, 2.05) is 47.5 Å². The van der Waals surface area contributed by atoms with Gasteiger partial charge in [-0.3, -0.25) is 10.00 Å². The summed E-state index contributed by atoms with van der Waals surface area (Å²) in [6.07, 6.45) is 2.88. The van der Waals surface area contributed by atoms with E-state index < -0.39 is 6.35 Å². The molecule has 0 aliphatic carbocycles. The topological polar surface area (TPSA) is 73.9 Å². The number of nitrogens with zero attached hydrogens (tertiary/aromatic N) is 3. The molecule has 7 heteroatoms. The van der Waals surface area contributed by atoms with E-state index in [0.717, 1.165) is 47.0 Å². The van der Waals surface area contributed by atoms with Gasteiger partial charge in [0.2, 0.25) is 0 Å². The Hall–Kier alpha value is -3.03. The summed E-state index contributed by atoms with van der Waals surface area (Å²) in [5, 5.41) is 17.9. The van der Waals surface area contributed by atoms with Crippen molar-refractivity contribution in [2.45, 2.75) is 19.3 Å². The van der Waals surface area contributed by atoms with Crippen LogP contribution in [0.25, 0.3) is 11.1 Å². The molecular weight excluding hydrogens is 368 g/mol. The average Bonchev–Trinajstić information content (AvgIpc) is 3.43. The number of aromatic nitrogens is 2. The van der Waals surface area contributed by atoms with E-state index in [0.29, 0.717) is 0 Å². The van der Waals surface area contributed by atoms with Gasteiger partial charge in [0.1, 0.15) is 11.5 Å². The molecule has 2 atom stereocenters. The second-order valence-electron chi connectivity index (χ2n) is 7.10. The predicted molar refractivity (Wildman–Crippen MR) is 112 cm³/mol. The van der Waals surface area contributed by atoms with Crippen molar-refractivity contribution in [2.75, 3.05) is 32.2 Å². The van der Waals surface area contributed by atoms with Gasteiger partial charge in [0, 0.05) is 48.2 Å². The second-order valence-corrected chi connectivity index (χ2v) is 7.10. The third-order valence-corrected chi connectivity index (χ3v) is 5.57. The van der Waals surface area contributed by atoms with Gasteiger partial charge >= 0.3 is 0 Å². The quantitative estimate of drug-likeness (QED) is 0.669. The number of aliphatic hydroxyl groups is 1. The van der Waals surface area contributed by atoms with Gasteiger partial charge in [-0.2, -0.15) is 5.10 Å². The van der Waals surface area contributed by atoms with Crippen LogP contribution in [0.5, 0.6) is 11.5 Å². The average molecular weight is 394 g/mol. The summed E-state index contributed by atoms with van der Waals surface area (Å²) in [6, 6.07) is 14.0. The lowest BCUT2D eigenvalue weighted by Gasteiger charge is -2.31. The second kappa shape index (κ2) is 8.14. The molecule has 1 unspecified atom stereocenters. The standard InChI is InChI=1S/C22H26N4O3/c1-15(16-5-4-6-19(11-16)28-2)25-9-10-26(22(25)27)18-7-8-20(21(12-18)29-3)17-13-23-24-14-17/h4-8,11-15,22,27H,9-10H2,1-3H3,(H,23,24)/t15-,22?/m1/s1. The number of nitrogens with one attached hydrogen (secondary N) is 1. The van der Waals surface area contributed by atoms with Gasteiger partial charge in [-0.25, -0.2) is 0 Å². The molecule has 2 heterocycles. The zero-order valence-corrected chi connectivity index (χ0v) is 16.9. The molecule has 152 valence electrons. The van der Waals surface area contributed by atoms with Crippen LogP contribution in [0.3, 0.4) is 0 Å². The minimum atomic E-state index is -0.722. The molecule has 0 spiro atoms. The Morgan fingerprint density at radius 3 is 2.72 bits per heavy atom. The van der Waals surface area contributed by atoms with Crippen molar-refractivity contribution in [3.8, 4) is 22.6 Å². The zero-order chi connectivity index (χ0) is 20.4. The Morgan fingerprint density at radius 2 is 2.00 bits per heavy atom. The largest absolute Gasteiger partial charge is 0.497 e. The van der Waals surface area contributed by atoms with Gasteiger partial charge in [-0.05, 0) is 36.8 Å². The number of rotatable bonds is 6. The molecule has 0 saturated carbocycles. The first-order valence-corrected chi connectivity index (χ1v) is 9.64. The number of methoxy groups -OCH3 is 2. The minimum absolute atomic E-state index is 0.0530. The molecule has 1 fully saturated rings. The maximum absolute atomic E-state index is 11.0. The first-order chi connectivity index (χ1) is 14.1. The van der Waals surface area contributed by atoms with Gasteiger partial charge in [0.15, 0.2) is 6.35 Å². The smallest absolute Gasteiger partial charge is 0.187 e. The minimum Gasteiger partial charge on any atom is -0.497 e. The predicted octanol–water partition coefficient (Wildman–Crippen LogP) is 3.25. The number of hydrogen-bond donors (Lipinski definition) is 2. The lowest BCUT2D eigenvalue weighted by atomic mass is 10.1. The van der Waals surface area contributed by atoms with E-state index in [-0.39, 0.29) is 6.04 Å². The summed E-state index contributed by atoms with van der Waals surface area (Å²) in [7, 11) is 3.32. The molecular formula is C22H26N4O3. The van der Waals surface area contributed by atoms with Crippen LogP contribution in [0.2, 0.25) is 0 Å². The summed E-state index contributed by atoms with van der Waals surface area (Å²) >= 11 is 0. The van der Waals surface area contributed by atoms with Gasteiger partial charge in [-0.15, -0.1) is 0 Å². The monoisotopic (exact) mass is 394 g/mol. The van der Waals surface area contributed by atoms with Gasteiger partial charge in [-0.1, -0.05) is 12.1 Å². The molecule has 7 nitrogen and oxygen atoms in total. The van der Waals surface area contributed by atoms with Crippen molar-refractivity contribution < 1.29 is 14.6 Å². The van der Waals surface area contributed by atoms with Crippen LogP contribution in [-0.2, 0) is 0 Å². The number of aliphatic hydroxyl groups excluding tert-OH is 1. The van der Waals surface area contributed by atoms with E-state index in [1.165, 1.54) is 0 Å². The molecule has 0 bridgehead atoms. The first-order valence-electron chi connectivity index (χ1n) is 9.64. The highest BCUT2D eigenvalue weighted by Gasteiger charge is 2.34. The Balaban J connectivity index is 1.56. The molecule has 4 rings (SSSR count). The Morgan fingerprint density at radius 1 is 1.14 bits per heavy atom. The lowest BCUT2D eigenvalue weighted by molar-refractivity contribution is 0.0140. The van der Waals surface area contributed by atoms with Gasteiger partial charge < -0.3 is 19.5 Å². The van der Waals surface area contributed by atoms with E-state index >= 15 is 0 Å². The van der Waals surface area contributed by atoms with Crippen LogP contribution in [0.1, 0.15) is 18.5 Å². The molecule has 3 aromatic rings. The number of ether oxygens (including phenoxy) is 2. The number of aromatic amines is 1. The summed E-state index contributed by atoms with van der Waals surface area (Å²) in [6.45, 7) is 3.58.